The first-order valence-corrected chi connectivity index (χ1v) is 7.79. The van der Waals surface area contributed by atoms with E-state index in [-0.39, 0.29) is 5.97 Å². The Labute approximate surface area is 113 Å². The van der Waals surface area contributed by atoms with Crippen LogP contribution in [0, 0.1) is 11.8 Å². The van der Waals surface area contributed by atoms with Gasteiger partial charge in [-0.3, -0.25) is 4.79 Å². The number of carbonyl (C=O) groups is 1. The molecule has 0 rings (SSSR count). The van der Waals surface area contributed by atoms with E-state index in [1.807, 2.05) is 0 Å². The van der Waals surface area contributed by atoms with E-state index in [1.54, 1.807) is 0 Å². The van der Waals surface area contributed by atoms with Gasteiger partial charge in [0.2, 0.25) is 0 Å². The average molecular weight is 256 g/mol. The molecule has 0 fully saturated rings. The quantitative estimate of drug-likeness (QED) is 0.488. The van der Waals surface area contributed by atoms with Crippen LogP contribution in [0.3, 0.4) is 0 Å². The molecule has 0 radical (unpaired) electrons. The second kappa shape index (κ2) is 11.6. The van der Waals surface area contributed by atoms with Gasteiger partial charge < -0.3 is 4.74 Å². The Kier molecular flexibility index (Phi) is 11.2. The lowest BCUT2D eigenvalue weighted by Crippen LogP contribution is -2.15. The van der Waals surface area contributed by atoms with Gasteiger partial charge in [-0.05, 0) is 31.1 Å². The minimum absolute atomic E-state index is 0.0125. The zero-order valence-electron chi connectivity index (χ0n) is 12.8. The molecule has 2 unspecified atom stereocenters. The smallest absolute Gasteiger partial charge is 0.305 e. The lowest BCUT2D eigenvalue weighted by Gasteiger charge is -2.18. The monoisotopic (exact) mass is 256 g/mol. The number of carbonyl (C=O) groups excluding carboxylic acids is 1. The van der Waals surface area contributed by atoms with Crippen molar-refractivity contribution < 1.29 is 9.53 Å². The summed E-state index contributed by atoms with van der Waals surface area (Å²) in [6, 6.07) is 0. The van der Waals surface area contributed by atoms with Crippen LogP contribution in [0.15, 0.2) is 0 Å². The van der Waals surface area contributed by atoms with Crippen molar-refractivity contribution in [1.82, 2.24) is 0 Å². The van der Waals surface area contributed by atoms with Gasteiger partial charge in [0, 0.05) is 6.42 Å². The van der Waals surface area contributed by atoms with Gasteiger partial charge >= 0.3 is 5.97 Å². The Morgan fingerprint density at radius 1 is 1.06 bits per heavy atom. The van der Waals surface area contributed by atoms with Gasteiger partial charge in [-0.25, -0.2) is 0 Å². The molecule has 0 saturated carbocycles. The molecular weight excluding hydrogens is 224 g/mol. The van der Waals surface area contributed by atoms with E-state index < -0.39 is 0 Å². The van der Waals surface area contributed by atoms with Gasteiger partial charge in [-0.2, -0.15) is 0 Å². The van der Waals surface area contributed by atoms with E-state index in [2.05, 4.69) is 27.7 Å². The maximum atomic E-state index is 11.5. The fourth-order valence-corrected chi connectivity index (χ4v) is 2.05. The third kappa shape index (κ3) is 9.49. The molecular formula is C16H32O2. The first kappa shape index (κ1) is 17.5. The van der Waals surface area contributed by atoms with Gasteiger partial charge in [0.1, 0.15) is 0 Å². The number of esters is 1. The van der Waals surface area contributed by atoms with Crippen LogP contribution in [0.2, 0.25) is 0 Å². The van der Waals surface area contributed by atoms with Crippen LogP contribution < -0.4 is 0 Å². The lowest BCUT2D eigenvalue weighted by atomic mass is 9.93. The van der Waals surface area contributed by atoms with Gasteiger partial charge in [0.15, 0.2) is 0 Å². The molecule has 0 heterocycles. The molecule has 0 aliphatic rings. The molecule has 0 saturated heterocycles. The van der Waals surface area contributed by atoms with E-state index in [4.69, 9.17) is 4.74 Å². The van der Waals surface area contributed by atoms with Crippen LogP contribution in [0.5, 0.6) is 0 Å². The molecule has 108 valence electrons. The predicted octanol–water partition coefficient (Wildman–Crippen LogP) is 4.96. The first-order chi connectivity index (χ1) is 8.63. The summed E-state index contributed by atoms with van der Waals surface area (Å²) in [6.45, 7) is 9.47. The summed E-state index contributed by atoms with van der Waals surface area (Å²) in [5.41, 5.74) is 0. The van der Waals surface area contributed by atoms with E-state index in [0.29, 0.717) is 18.9 Å². The van der Waals surface area contributed by atoms with Gasteiger partial charge in [-0.15, -0.1) is 0 Å². The molecule has 0 bridgehead atoms. The molecule has 2 nitrogen and oxygen atoms in total. The molecule has 0 aliphatic carbocycles. The first-order valence-electron chi connectivity index (χ1n) is 7.79. The van der Waals surface area contributed by atoms with Crippen LogP contribution in [-0.4, -0.2) is 12.6 Å². The summed E-state index contributed by atoms with van der Waals surface area (Å²) in [5.74, 6) is 1.34. The van der Waals surface area contributed by atoms with Crippen molar-refractivity contribution in [2.24, 2.45) is 11.8 Å². The molecule has 0 N–H and O–H groups in total. The van der Waals surface area contributed by atoms with E-state index in [1.165, 1.54) is 32.1 Å². The van der Waals surface area contributed by atoms with Crippen molar-refractivity contribution in [2.45, 2.75) is 79.1 Å². The second-order valence-corrected chi connectivity index (χ2v) is 5.53. The predicted molar refractivity (Wildman–Crippen MR) is 77.6 cm³/mol. The number of unbranched alkanes of at least 4 members (excludes halogenated alkanes) is 1. The van der Waals surface area contributed by atoms with E-state index >= 15 is 0 Å². The highest BCUT2D eigenvalue weighted by Gasteiger charge is 2.12. The fraction of sp³-hybridized carbons (Fsp3) is 0.938. The maximum Gasteiger partial charge on any atom is 0.305 e. The zero-order chi connectivity index (χ0) is 13.8. The largest absolute Gasteiger partial charge is 0.465 e. The Hall–Kier alpha value is -0.530. The van der Waals surface area contributed by atoms with Crippen LogP contribution in [0.25, 0.3) is 0 Å². The highest BCUT2D eigenvalue weighted by atomic mass is 16.5. The standard InChI is InChI=1S/C16H32O2/c1-5-8-10-16(17)18-13-15(9-6-2)12-11-14(4)7-3/h14-15H,5-13H2,1-4H3. The number of hydrogen-bond donors (Lipinski definition) is 0. The molecule has 0 aromatic carbocycles. The molecule has 0 aliphatic heterocycles. The Balaban J connectivity index is 3.84. The topological polar surface area (TPSA) is 26.3 Å². The number of hydrogen-bond acceptors (Lipinski definition) is 2. The van der Waals surface area contributed by atoms with Crippen LogP contribution >= 0.6 is 0 Å². The van der Waals surface area contributed by atoms with Crippen LogP contribution in [0.4, 0.5) is 0 Å². The Morgan fingerprint density at radius 2 is 1.78 bits per heavy atom. The minimum atomic E-state index is -0.0125. The SMILES string of the molecule is CCCCC(=O)OCC(CCC)CCC(C)CC. The van der Waals surface area contributed by atoms with Crippen molar-refractivity contribution >= 4 is 5.97 Å². The van der Waals surface area contributed by atoms with E-state index in [0.717, 1.165) is 18.8 Å². The van der Waals surface area contributed by atoms with Gasteiger partial charge in [0.25, 0.3) is 0 Å². The average Bonchev–Trinajstić information content (AvgIpc) is 2.38. The summed E-state index contributed by atoms with van der Waals surface area (Å²) in [6.07, 6.45) is 8.65. The summed E-state index contributed by atoms with van der Waals surface area (Å²) in [4.78, 5) is 11.5. The molecule has 2 atom stereocenters. The summed E-state index contributed by atoms with van der Waals surface area (Å²) >= 11 is 0. The Morgan fingerprint density at radius 3 is 2.33 bits per heavy atom. The molecule has 0 aromatic rings. The van der Waals surface area contributed by atoms with Crippen LogP contribution in [-0.2, 0) is 9.53 Å². The van der Waals surface area contributed by atoms with Crippen molar-refractivity contribution in [3.05, 3.63) is 0 Å². The summed E-state index contributed by atoms with van der Waals surface area (Å²) in [5, 5.41) is 0. The molecule has 18 heavy (non-hydrogen) atoms. The normalized spacial score (nSPS) is 14.2. The summed E-state index contributed by atoms with van der Waals surface area (Å²) in [7, 11) is 0. The number of ether oxygens (including phenoxy) is 1. The lowest BCUT2D eigenvalue weighted by molar-refractivity contribution is -0.145. The van der Waals surface area contributed by atoms with Crippen molar-refractivity contribution in [3.8, 4) is 0 Å². The summed E-state index contributed by atoms with van der Waals surface area (Å²) < 4.78 is 5.39. The third-order valence-corrected chi connectivity index (χ3v) is 3.68. The highest BCUT2D eigenvalue weighted by molar-refractivity contribution is 5.69. The highest BCUT2D eigenvalue weighted by Crippen LogP contribution is 2.19. The zero-order valence-corrected chi connectivity index (χ0v) is 12.8. The fourth-order valence-electron chi connectivity index (χ4n) is 2.05. The Bertz CT molecular complexity index is 201. The molecule has 2 heteroatoms. The van der Waals surface area contributed by atoms with Crippen molar-refractivity contribution in [2.75, 3.05) is 6.61 Å². The number of rotatable bonds is 11. The van der Waals surface area contributed by atoms with Gasteiger partial charge in [-0.1, -0.05) is 53.4 Å². The maximum absolute atomic E-state index is 11.5. The third-order valence-electron chi connectivity index (χ3n) is 3.68. The minimum Gasteiger partial charge on any atom is -0.465 e. The second-order valence-electron chi connectivity index (χ2n) is 5.53. The molecule has 0 aromatic heterocycles. The van der Waals surface area contributed by atoms with Crippen molar-refractivity contribution in [3.63, 3.8) is 0 Å². The van der Waals surface area contributed by atoms with E-state index in [9.17, 15) is 4.79 Å². The van der Waals surface area contributed by atoms with Crippen molar-refractivity contribution in [1.29, 1.82) is 0 Å². The molecule has 0 spiro atoms. The van der Waals surface area contributed by atoms with Crippen LogP contribution in [0.1, 0.15) is 79.1 Å². The molecule has 0 amide bonds. The van der Waals surface area contributed by atoms with Gasteiger partial charge in [0.05, 0.1) is 6.61 Å².